The minimum atomic E-state index is -0.825. The third-order valence-electron chi connectivity index (χ3n) is 4.20. The van der Waals surface area contributed by atoms with E-state index >= 15 is 0 Å². The molecule has 2 aromatic carbocycles. The van der Waals surface area contributed by atoms with Gasteiger partial charge in [0.25, 0.3) is 0 Å². The van der Waals surface area contributed by atoms with Gasteiger partial charge in [-0.3, -0.25) is 5.32 Å². The second kappa shape index (κ2) is 10.5. The largest absolute Gasteiger partial charge is 0.504 e. The van der Waals surface area contributed by atoms with E-state index in [-0.39, 0.29) is 18.8 Å². The molecule has 1 amide bonds. The number of carbonyl (C=O) groups excluding carboxylic acids is 1. The third kappa shape index (κ3) is 5.87. The van der Waals surface area contributed by atoms with Crippen LogP contribution < -0.4 is 10.1 Å². The zero-order valence-electron chi connectivity index (χ0n) is 16.3. The first-order valence-electron chi connectivity index (χ1n) is 9.12. The molecular formula is C21H27NO6. The van der Waals surface area contributed by atoms with Crippen LogP contribution in [0.4, 0.5) is 10.5 Å². The topological polar surface area (TPSA) is 97.2 Å². The molecule has 0 spiro atoms. The van der Waals surface area contributed by atoms with Gasteiger partial charge < -0.3 is 24.4 Å². The summed E-state index contributed by atoms with van der Waals surface area (Å²) in [7, 11) is 1.45. The average Bonchev–Trinajstić information content (AvgIpc) is 2.68. The number of phenols is 1. The first-order chi connectivity index (χ1) is 13.5. The zero-order valence-corrected chi connectivity index (χ0v) is 16.3. The van der Waals surface area contributed by atoms with Crippen molar-refractivity contribution in [2.45, 2.75) is 32.5 Å². The van der Waals surface area contributed by atoms with Crippen LogP contribution in [-0.2, 0) is 9.47 Å². The minimum absolute atomic E-state index is 0.0770. The van der Waals surface area contributed by atoms with Crippen molar-refractivity contribution in [1.29, 1.82) is 0 Å². The summed E-state index contributed by atoms with van der Waals surface area (Å²) in [5.74, 6) is 0.230. The van der Waals surface area contributed by atoms with E-state index in [2.05, 4.69) is 5.32 Å². The van der Waals surface area contributed by atoms with Gasteiger partial charge in [0.2, 0.25) is 0 Å². The lowest BCUT2D eigenvalue weighted by Crippen LogP contribution is -2.29. The first kappa shape index (κ1) is 21.5. The number of phenolic OH excluding ortho intramolecular Hbond substituents is 1. The second-order valence-electron chi connectivity index (χ2n) is 6.25. The molecule has 0 aliphatic rings. The lowest BCUT2D eigenvalue weighted by Gasteiger charge is -2.27. The molecule has 2 aromatic rings. The van der Waals surface area contributed by atoms with Crippen LogP contribution in [0.1, 0.15) is 30.6 Å². The van der Waals surface area contributed by atoms with E-state index < -0.39 is 18.3 Å². The highest BCUT2D eigenvalue weighted by Crippen LogP contribution is 2.33. The number of aryl methyl sites for hydroxylation is 1. The van der Waals surface area contributed by atoms with Crippen molar-refractivity contribution in [3.63, 3.8) is 0 Å². The molecule has 0 saturated carbocycles. The number of aliphatic hydroxyl groups excluding tert-OH is 1. The van der Waals surface area contributed by atoms with E-state index in [1.807, 2.05) is 26.0 Å². The van der Waals surface area contributed by atoms with Gasteiger partial charge in [0.1, 0.15) is 6.10 Å². The van der Waals surface area contributed by atoms with Crippen LogP contribution in [0.2, 0.25) is 0 Å². The van der Waals surface area contributed by atoms with Crippen molar-refractivity contribution in [2.75, 3.05) is 25.6 Å². The van der Waals surface area contributed by atoms with E-state index in [0.29, 0.717) is 23.6 Å². The summed E-state index contributed by atoms with van der Waals surface area (Å²) in [6.07, 6.45) is -1.80. The lowest BCUT2D eigenvalue weighted by molar-refractivity contribution is -0.0484. The quantitative estimate of drug-likeness (QED) is 0.604. The third-order valence-corrected chi connectivity index (χ3v) is 4.20. The number of benzene rings is 2. The van der Waals surface area contributed by atoms with Gasteiger partial charge in [-0.1, -0.05) is 23.8 Å². The number of hydrogen-bond donors (Lipinski definition) is 3. The van der Waals surface area contributed by atoms with Crippen LogP contribution in [-0.4, -0.2) is 42.7 Å². The maximum atomic E-state index is 12.5. The molecular weight excluding hydrogens is 362 g/mol. The van der Waals surface area contributed by atoms with Crippen molar-refractivity contribution >= 4 is 11.8 Å². The average molecular weight is 389 g/mol. The lowest BCUT2D eigenvalue weighted by atomic mass is 10.0. The summed E-state index contributed by atoms with van der Waals surface area (Å²) in [6.45, 7) is 4.02. The summed E-state index contributed by atoms with van der Waals surface area (Å²) in [5, 5.41) is 22.2. The molecule has 0 aromatic heterocycles. The Balaban J connectivity index is 2.25. The summed E-state index contributed by atoms with van der Waals surface area (Å²) in [4.78, 5) is 12.5. The Kier molecular flexibility index (Phi) is 8.10. The van der Waals surface area contributed by atoms with Crippen LogP contribution in [0.25, 0.3) is 0 Å². The molecule has 2 atom stereocenters. The Bertz CT molecular complexity index is 756. The molecule has 0 fully saturated rings. The molecule has 0 radical (unpaired) electrons. The smallest absolute Gasteiger partial charge is 0.412 e. The van der Waals surface area contributed by atoms with Gasteiger partial charge in [-0.05, 0) is 43.7 Å². The molecule has 0 bridgehead atoms. The van der Waals surface area contributed by atoms with E-state index in [9.17, 15) is 15.0 Å². The van der Waals surface area contributed by atoms with Crippen molar-refractivity contribution in [1.82, 2.24) is 0 Å². The summed E-state index contributed by atoms with van der Waals surface area (Å²) in [6, 6.07) is 12.0. The van der Waals surface area contributed by atoms with E-state index in [4.69, 9.17) is 14.2 Å². The number of ether oxygens (including phenoxy) is 3. The minimum Gasteiger partial charge on any atom is -0.504 e. The number of hydrogen-bond acceptors (Lipinski definition) is 6. The van der Waals surface area contributed by atoms with Crippen LogP contribution >= 0.6 is 0 Å². The molecule has 0 aliphatic heterocycles. The predicted molar refractivity (Wildman–Crippen MR) is 106 cm³/mol. The number of anilines is 1. The molecule has 3 N–H and O–H groups in total. The highest BCUT2D eigenvalue weighted by Gasteiger charge is 2.28. The number of nitrogens with one attached hydrogen (secondary N) is 1. The second-order valence-corrected chi connectivity index (χ2v) is 6.25. The highest BCUT2D eigenvalue weighted by atomic mass is 16.6. The molecule has 28 heavy (non-hydrogen) atoms. The first-order valence-corrected chi connectivity index (χ1v) is 9.12. The van der Waals surface area contributed by atoms with Crippen molar-refractivity contribution in [3.05, 3.63) is 53.6 Å². The van der Waals surface area contributed by atoms with Gasteiger partial charge in [-0.25, -0.2) is 4.79 Å². The Labute approximate surface area is 164 Å². The maximum absolute atomic E-state index is 12.5. The Morgan fingerprint density at radius 1 is 1.18 bits per heavy atom. The number of aliphatic hydroxyl groups is 1. The van der Waals surface area contributed by atoms with Gasteiger partial charge in [0.15, 0.2) is 17.6 Å². The predicted octanol–water partition coefficient (Wildman–Crippen LogP) is 3.79. The molecule has 0 unspecified atom stereocenters. The maximum Gasteiger partial charge on any atom is 0.412 e. The standard InChI is InChI=1S/C21H27NO6/c1-4-27-19(11-12-23)20(15-7-10-18(26-3)17(24)13-15)28-21(25)22-16-8-5-14(2)6-9-16/h5-10,13,19-20,23-24H,4,11-12H2,1-3H3,(H,22,25)/t19-,20-/m1/s1. The number of rotatable bonds is 9. The normalized spacial score (nSPS) is 12.9. The number of amides is 1. The van der Waals surface area contributed by atoms with Crippen LogP contribution in [0.3, 0.4) is 0 Å². The van der Waals surface area contributed by atoms with Crippen LogP contribution in [0.15, 0.2) is 42.5 Å². The molecule has 152 valence electrons. The van der Waals surface area contributed by atoms with Crippen molar-refractivity contribution < 1.29 is 29.2 Å². The van der Waals surface area contributed by atoms with Crippen LogP contribution in [0.5, 0.6) is 11.5 Å². The zero-order chi connectivity index (χ0) is 20.5. The van der Waals surface area contributed by atoms with Crippen LogP contribution in [0, 0.1) is 6.92 Å². The van der Waals surface area contributed by atoms with E-state index in [0.717, 1.165) is 5.56 Å². The fourth-order valence-corrected chi connectivity index (χ4v) is 2.81. The fraction of sp³-hybridized carbons (Fsp3) is 0.381. The SMILES string of the molecule is CCO[C@H](CCO)[C@H](OC(=O)Nc1ccc(C)cc1)c1ccc(OC)c(O)c1. The van der Waals surface area contributed by atoms with Crippen molar-refractivity contribution in [3.8, 4) is 11.5 Å². The number of aromatic hydroxyl groups is 1. The summed E-state index contributed by atoms with van der Waals surface area (Å²) < 4.78 is 16.4. The Morgan fingerprint density at radius 3 is 2.46 bits per heavy atom. The Morgan fingerprint density at radius 2 is 1.89 bits per heavy atom. The monoisotopic (exact) mass is 389 g/mol. The summed E-state index contributed by atoms with van der Waals surface area (Å²) in [5.41, 5.74) is 2.20. The fourth-order valence-electron chi connectivity index (χ4n) is 2.81. The van der Waals surface area contributed by atoms with E-state index in [1.165, 1.54) is 13.2 Å². The van der Waals surface area contributed by atoms with Gasteiger partial charge in [-0.2, -0.15) is 0 Å². The van der Waals surface area contributed by atoms with Gasteiger partial charge in [0.05, 0.1) is 7.11 Å². The molecule has 2 rings (SSSR count). The molecule has 7 heteroatoms. The van der Waals surface area contributed by atoms with E-state index in [1.54, 1.807) is 24.3 Å². The van der Waals surface area contributed by atoms with Gasteiger partial charge in [-0.15, -0.1) is 0 Å². The Hall–Kier alpha value is -2.77. The van der Waals surface area contributed by atoms with Gasteiger partial charge in [0, 0.05) is 25.3 Å². The molecule has 7 nitrogen and oxygen atoms in total. The molecule has 0 saturated heterocycles. The summed E-state index contributed by atoms with van der Waals surface area (Å²) >= 11 is 0. The molecule has 0 heterocycles. The van der Waals surface area contributed by atoms with Gasteiger partial charge >= 0.3 is 6.09 Å². The number of methoxy groups -OCH3 is 1. The molecule has 0 aliphatic carbocycles. The van der Waals surface area contributed by atoms with Crippen molar-refractivity contribution in [2.24, 2.45) is 0 Å². The number of carbonyl (C=O) groups is 1. The highest BCUT2D eigenvalue weighted by molar-refractivity contribution is 5.84.